The third kappa shape index (κ3) is 3.38. The highest BCUT2D eigenvalue weighted by Gasteiger charge is 1.99. The number of hydrogen-bond acceptors (Lipinski definition) is 3. The molecule has 2 aromatic carbocycles. The molecule has 3 nitrogen and oxygen atoms in total. The average Bonchev–Trinajstić information content (AvgIpc) is 2.37. The van der Waals surface area contributed by atoms with E-state index in [-0.39, 0.29) is 5.82 Å². The smallest absolute Gasteiger partial charge is 0.146 e. The second-order valence-corrected chi connectivity index (χ2v) is 3.83. The summed E-state index contributed by atoms with van der Waals surface area (Å²) in [6.45, 7) is 0.966. The van der Waals surface area contributed by atoms with Crippen LogP contribution in [0.1, 0.15) is 0 Å². The number of hydrogen-bond donors (Lipinski definition) is 2. The van der Waals surface area contributed by atoms with E-state index < -0.39 is 0 Å². The SMILES string of the molecule is Nc1cccc(OCCNc2ccccc2F)c1. The number of nitrogens with two attached hydrogens (primary N) is 1. The molecular weight excluding hydrogens is 231 g/mol. The molecule has 0 radical (unpaired) electrons. The predicted molar refractivity (Wildman–Crippen MR) is 71.2 cm³/mol. The first-order chi connectivity index (χ1) is 8.75. The van der Waals surface area contributed by atoms with E-state index in [0.29, 0.717) is 30.3 Å². The van der Waals surface area contributed by atoms with Crippen molar-refractivity contribution in [3.8, 4) is 5.75 Å². The van der Waals surface area contributed by atoms with Gasteiger partial charge in [-0.2, -0.15) is 0 Å². The van der Waals surface area contributed by atoms with E-state index in [0.717, 1.165) is 0 Å². The summed E-state index contributed by atoms with van der Waals surface area (Å²) in [6, 6.07) is 13.8. The molecule has 2 rings (SSSR count). The zero-order valence-electron chi connectivity index (χ0n) is 9.90. The molecule has 0 amide bonds. The molecule has 0 spiro atoms. The summed E-state index contributed by atoms with van der Waals surface area (Å²) < 4.78 is 18.8. The first-order valence-corrected chi connectivity index (χ1v) is 5.72. The van der Waals surface area contributed by atoms with Crippen LogP contribution in [0.25, 0.3) is 0 Å². The van der Waals surface area contributed by atoms with Gasteiger partial charge in [0.25, 0.3) is 0 Å². The molecule has 2 aromatic rings. The first kappa shape index (κ1) is 12.2. The van der Waals surface area contributed by atoms with Crippen molar-refractivity contribution < 1.29 is 9.13 Å². The van der Waals surface area contributed by atoms with E-state index >= 15 is 0 Å². The molecule has 0 aliphatic carbocycles. The zero-order valence-corrected chi connectivity index (χ0v) is 9.90. The van der Waals surface area contributed by atoms with Crippen molar-refractivity contribution in [3.63, 3.8) is 0 Å². The van der Waals surface area contributed by atoms with Gasteiger partial charge in [0.15, 0.2) is 0 Å². The van der Waals surface area contributed by atoms with E-state index in [9.17, 15) is 4.39 Å². The van der Waals surface area contributed by atoms with Gasteiger partial charge >= 0.3 is 0 Å². The van der Waals surface area contributed by atoms with Crippen molar-refractivity contribution >= 4 is 11.4 Å². The molecule has 0 unspecified atom stereocenters. The Labute approximate surface area is 105 Å². The fraction of sp³-hybridized carbons (Fsp3) is 0.143. The highest BCUT2D eigenvalue weighted by molar-refractivity contribution is 5.45. The molecule has 94 valence electrons. The van der Waals surface area contributed by atoms with Crippen LogP contribution in [0.4, 0.5) is 15.8 Å². The van der Waals surface area contributed by atoms with Crippen molar-refractivity contribution in [3.05, 3.63) is 54.3 Å². The van der Waals surface area contributed by atoms with Crippen molar-refractivity contribution in [2.24, 2.45) is 0 Å². The molecule has 3 N–H and O–H groups in total. The third-order valence-electron chi connectivity index (χ3n) is 2.42. The molecule has 0 atom stereocenters. The van der Waals surface area contributed by atoms with Gasteiger partial charge in [0.1, 0.15) is 18.2 Å². The Bertz CT molecular complexity index is 517. The fourth-order valence-corrected chi connectivity index (χ4v) is 1.56. The topological polar surface area (TPSA) is 47.3 Å². The number of para-hydroxylation sites is 1. The van der Waals surface area contributed by atoms with Gasteiger partial charge in [-0.25, -0.2) is 4.39 Å². The van der Waals surface area contributed by atoms with Crippen LogP contribution in [-0.4, -0.2) is 13.2 Å². The molecule has 0 fully saturated rings. The van der Waals surface area contributed by atoms with Gasteiger partial charge in [0.2, 0.25) is 0 Å². The lowest BCUT2D eigenvalue weighted by Gasteiger charge is -2.09. The highest BCUT2D eigenvalue weighted by atomic mass is 19.1. The van der Waals surface area contributed by atoms with Gasteiger partial charge in [0, 0.05) is 18.3 Å². The molecule has 0 saturated heterocycles. The van der Waals surface area contributed by atoms with E-state index in [1.165, 1.54) is 6.07 Å². The van der Waals surface area contributed by atoms with Crippen LogP contribution in [0.3, 0.4) is 0 Å². The summed E-state index contributed by atoms with van der Waals surface area (Å²) in [4.78, 5) is 0. The van der Waals surface area contributed by atoms with E-state index in [2.05, 4.69) is 5.32 Å². The van der Waals surface area contributed by atoms with Crippen molar-refractivity contribution in [2.75, 3.05) is 24.2 Å². The number of anilines is 2. The van der Waals surface area contributed by atoms with Gasteiger partial charge in [0.05, 0.1) is 5.69 Å². The lowest BCUT2D eigenvalue weighted by molar-refractivity contribution is 0.333. The van der Waals surface area contributed by atoms with Crippen LogP contribution in [-0.2, 0) is 0 Å². The van der Waals surface area contributed by atoms with Gasteiger partial charge in [-0.3, -0.25) is 0 Å². The average molecular weight is 246 g/mol. The van der Waals surface area contributed by atoms with Crippen molar-refractivity contribution in [1.82, 2.24) is 0 Å². The Morgan fingerprint density at radius 1 is 1.11 bits per heavy atom. The minimum Gasteiger partial charge on any atom is -0.492 e. The second kappa shape index (κ2) is 5.91. The number of rotatable bonds is 5. The van der Waals surface area contributed by atoms with Crippen molar-refractivity contribution in [2.45, 2.75) is 0 Å². The minimum atomic E-state index is -0.263. The molecular formula is C14H15FN2O. The van der Waals surface area contributed by atoms with Gasteiger partial charge in [-0.1, -0.05) is 18.2 Å². The Hall–Kier alpha value is -2.23. The van der Waals surface area contributed by atoms with Crippen LogP contribution in [0.5, 0.6) is 5.75 Å². The van der Waals surface area contributed by atoms with E-state index in [4.69, 9.17) is 10.5 Å². The normalized spacial score (nSPS) is 10.1. The monoisotopic (exact) mass is 246 g/mol. The number of ether oxygens (including phenoxy) is 1. The summed E-state index contributed by atoms with van der Waals surface area (Å²) in [6.07, 6.45) is 0. The lowest BCUT2D eigenvalue weighted by Crippen LogP contribution is -2.12. The zero-order chi connectivity index (χ0) is 12.8. The number of halogens is 1. The summed E-state index contributed by atoms with van der Waals surface area (Å²) in [5, 5.41) is 2.97. The van der Waals surface area contributed by atoms with Crippen LogP contribution in [0, 0.1) is 5.82 Å². The largest absolute Gasteiger partial charge is 0.492 e. The maximum atomic E-state index is 13.3. The van der Waals surface area contributed by atoms with Crippen molar-refractivity contribution in [1.29, 1.82) is 0 Å². The first-order valence-electron chi connectivity index (χ1n) is 5.72. The molecule has 0 heterocycles. The maximum Gasteiger partial charge on any atom is 0.146 e. The fourth-order valence-electron chi connectivity index (χ4n) is 1.56. The Morgan fingerprint density at radius 2 is 1.94 bits per heavy atom. The number of nitrogens with one attached hydrogen (secondary N) is 1. The van der Waals surface area contributed by atoms with Crippen LogP contribution in [0.2, 0.25) is 0 Å². The molecule has 0 aromatic heterocycles. The van der Waals surface area contributed by atoms with Gasteiger partial charge in [-0.05, 0) is 24.3 Å². The Morgan fingerprint density at radius 3 is 2.72 bits per heavy atom. The molecule has 18 heavy (non-hydrogen) atoms. The van der Waals surface area contributed by atoms with E-state index in [1.807, 2.05) is 12.1 Å². The summed E-state index contributed by atoms with van der Waals surface area (Å²) in [5.74, 6) is 0.451. The highest BCUT2D eigenvalue weighted by Crippen LogP contribution is 2.15. The summed E-state index contributed by atoms with van der Waals surface area (Å²) in [5.41, 5.74) is 6.77. The quantitative estimate of drug-likeness (QED) is 0.630. The van der Waals surface area contributed by atoms with Crippen LogP contribution < -0.4 is 15.8 Å². The Balaban J connectivity index is 1.78. The molecule has 4 heteroatoms. The summed E-state index contributed by atoms with van der Waals surface area (Å²) in [7, 11) is 0. The standard InChI is InChI=1S/C14H15FN2O/c15-13-6-1-2-7-14(13)17-8-9-18-12-5-3-4-11(16)10-12/h1-7,10,17H,8-9,16H2. The van der Waals surface area contributed by atoms with Gasteiger partial charge in [-0.15, -0.1) is 0 Å². The summed E-state index contributed by atoms with van der Waals surface area (Å²) >= 11 is 0. The molecule has 0 saturated carbocycles. The lowest BCUT2D eigenvalue weighted by atomic mass is 10.3. The van der Waals surface area contributed by atoms with E-state index in [1.54, 1.807) is 30.3 Å². The Kier molecular flexibility index (Phi) is 4.02. The molecule has 0 bridgehead atoms. The molecule has 0 aliphatic heterocycles. The second-order valence-electron chi connectivity index (χ2n) is 3.83. The number of benzene rings is 2. The maximum absolute atomic E-state index is 13.3. The van der Waals surface area contributed by atoms with Crippen LogP contribution >= 0.6 is 0 Å². The number of nitrogen functional groups attached to an aromatic ring is 1. The predicted octanol–water partition coefficient (Wildman–Crippen LogP) is 2.90. The van der Waals surface area contributed by atoms with Gasteiger partial charge < -0.3 is 15.8 Å². The molecule has 0 aliphatic rings. The third-order valence-corrected chi connectivity index (χ3v) is 2.42. The minimum absolute atomic E-state index is 0.263. The van der Waals surface area contributed by atoms with Crippen LogP contribution in [0.15, 0.2) is 48.5 Å².